The predicted molar refractivity (Wildman–Crippen MR) is 174 cm³/mol. The normalized spacial score (nSPS) is 11.7. The number of aryl methyl sites for hydroxylation is 3. The van der Waals surface area contributed by atoms with Crippen LogP contribution in [0, 0.1) is 32.9 Å². The van der Waals surface area contributed by atoms with E-state index in [2.05, 4.69) is 95.9 Å². The first-order valence-electron chi connectivity index (χ1n) is 14.2. The molecule has 1 radical (unpaired) electrons. The minimum Gasteiger partial charge on any atom is -0.495 e. The zero-order valence-corrected chi connectivity index (χ0v) is 26.9. The fourth-order valence-electron chi connectivity index (χ4n) is 5.16. The van der Waals surface area contributed by atoms with E-state index in [0.717, 1.165) is 50.4 Å². The molecule has 0 fully saturated rings. The van der Waals surface area contributed by atoms with Crippen molar-refractivity contribution in [2.75, 3.05) is 0 Å². The van der Waals surface area contributed by atoms with Gasteiger partial charge in [0.05, 0.1) is 5.58 Å². The van der Waals surface area contributed by atoms with E-state index in [1.54, 1.807) is 6.20 Å². The molecule has 0 saturated carbocycles. The van der Waals surface area contributed by atoms with Crippen molar-refractivity contribution in [3.05, 3.63) is 144 Å². The first-order valence-corrected chi connectivity index (χ1v) is 14.2. The summed E-state index contributed by atoms with van der Waals surface area (Å²) >= 11 is 0. The van der Waals surface area contributed by atoms with E-state index >= 15 is 0 Å². The molecule has 0 bridgehead atoms. The van der Waals surface area contributed by atoms with Crippen LogP contribution in [0.2, 0.25) is 0 Å². The van der Waals surface area contributed by atoms with E-state index in [9.17, 15) is 0 Å². The van der Waals surface area contributed by atoms with Gasteiger partial charge in [-0.05, 0) is 41.8 Å². The van der Waals surface area contributed by atoms with Crippen molar-refractivity contribution in [3.63, 3.8) is 0 Å². The van der Waals surface area contributed by atoms with Gasteiger partial charge in [-0.2, -0.15) is 12.1 Å². The number of rotatable bonds is 3. The molecule has 44 heavy (non-hydrogen) atoms. The van der Waals surface area contributed by atoms with Crippen molar-refractivity contribution >= 4 is 50.8 Å². The van der Waals surface area contributed by atoms with E-state index in [0.29, 0.717) is 5.71 Å². The smallest absolute Gasteiger partial charge is 0.495 e. The van der Waals surface area contributed by atoms with Crippen LogP contribution >= 0.6 is 0 Å². The van der Waals surface area contributed by atoms with E-state index < -0.39 is 0 Å². The summed E-state index contributed by atoms with van der Waals surface area (Å²) in [7, 11) is 0. The minimum atomic E-state index is 0. The summed E-state index contributed by atoms with van der Waals surface area (Å²) in [4.78, 5) is 8.77. The maximum atomic E-state index is 6.11. The number of pyridine rings is 2. The Balaban J connectivity index is 0.000000183. The van der Waals surface area contributed by atoms with Gasteiger partial charge in [-0.3, -0.25) is 0 Å². The third-order valence-corrected chi connectivity index (χ3v) is 7.61. The molecular weight excluding hydrogens is 721 g/mol. The Morgan fingerprint density at radius 3 is 2.25 bits per heavy atom. The molecule has 0 atom stereocenters. The average molecular weight is 749 g/mol. The molecule has 0 saturated heterocycles. The fourth-order valence-corrected chi connectivity index (χ4v) is 5.16. The molecule has 0 aliphatic carbocycles. The van der Waals surface area contributed by atoms with Gasteiger partial charge in [0, 0.05) is 62.2 Å². The number of aromatic nitrogens is 2. The second kappa shape index (κ2) is 12.3. The SMILES string of the molecule is C1=[N+](c2ccccc2)c2ccccc2[N+]=1c1[c-]ccc2c1oc1ncccc12.Cc1c[c-]c(-c2cc(C)c(C)cn2)cc1.[Ir]. The number of fused-ring (bicyclic) bond motifs is 4. The third kappa shape index (κ3) is 5.43. The van der Waals surface area contributed by atoms with Crippen molar-refractivity contribution in [2.45, 2.75) is 20.8 Å². The van der Waals surface area contributed by atoms with Gasteiger partial charge in [-0.25, -0.2) is 4.98 Å². The summed E-state index contributed by atoms with van der Waals surface area (Å²) in [5.41, 5.74) is 11.1. The largest absolute Gasteiger partial charge is 0.501 e. The van der Waals surface area contributed by atoms with Gasteiger partial charge in [0.1, 0.15) is 0 Å². The van der Waals surface area contributed by atoms with Crippen LogP contribution in [-0.2, 0) is 20.1 Å². The van der Waals surface area contributed by atoms with Crippen LogP contribution in [0.3, 0.4) is 0 Å². The molecule has 1 aliphatic rings. The van der Waals surface area contributed by atoms with Crippen LogP contribution in [-0.4, -0.2) is 16.0 Å². The molecule has 0 spiro atoms. The Bertz CT molecular complexity index is 2200. The second-order valence-electron chi connectivity index (χ2n) is 10.6. The molecular formula is C38H28IrN4O. The first-order chi connectivity index (χ1) is 21.1. The van der Waals surface area contributed by atoms with Crippen LogP contribution in [0.4, 0.5) is 22.7 Å². The summed E-state index contributed by atoms with van der Waals surface area (Å²) < 4.78 is 10.2. The van der Waals surface area contributed by atoms with Crippen LogP contribution in [0.25, 0.3) is 33.3 Å². The number of benzene rings is 4. The average Bonchev–Trinajstić information content (AvgIpc) is 3.63. The second-order valence-corrected chi connectivity index (χ2v) is 10.6. The van der Waals surface area contributed by atoms with Gasteiger partial charge >= 0.3 is 6.01 Å². The number of hydrogen-bond acceptors (Lipinski definition) is 3. The molecule has 4 aromatic carbocycles. The van der Waals surface area contributed by atoms with E-state index in [1.165, 1.54) is 16.7 Å². The Morgan fingerprint density at radius 2 is 1.50 bits per heavy atom. The first kappa shape index (κ1) is 29.1. The van der Waals surface area contributed by atoms with Crippen LogP contribution < -0.4 is 9.15 Å². The van der Waals surface area contributed by atoms with Gasteiger partial charge in [-0.15, -0.1) is 41.5 Å². The van der Waals surface area contributed by atoms with Gasteiger partial charge < -0.3 is 9.40 Å². The van der Waals surface area contributed by atoms with Gasteiger partial charge in [-0.1, -0.05) is 58.8 Å². The molecule has 1 aliphatic heterocycles. The van der Waals surface area contributed by atoms with Gasteiger partial charge in [0.15, 0.2) is 5.69 Å². The van der Waals surface area contributed by atoms with E-state index in [4.69, 9.17) is 4.42 Å². The van der Waals surface area contributed by atoms with E-state index in [1.807, 2.05) is 71.4 Å². The van der Waals surface area contributed by atoms with Gasteiger partial charge in [0.2, 0.25) is 11.4 Å². The third-order valence-electron chi connectivity index (χ3n) is 7.61. The molecule has 5 nitrogen and oxygen atoms in total. The fraction of sp³-hybridized carbons (Fsp3) is 0.0789. The van der Waals surface area contributed by atoms with E-state index in [-0.39, 0.29) is 20.1 Å². The standard InChI is InChI=1S/C24H14N3O.C14H14N.Ir/c1-2-8-17(9-3-1)26-16-27(21-13-5-4-12-20(21)26)22-14-6-10-18-19-11-7-15-25-24(19)28-23(18)22;1-10-4-6-13(7-5-10)14-8-11(2)12(3)9-15-14;/h1-13,15H;4-6,8-9H,1-3H3;/q+1;-1;. The van der Waals surface area contributed by atoms with Crippen molar-refractivity contribution < 1.29 is 24.5 Å². The quantitative estimate of drug-likeness (QED) is 0.134. The minimum absolute atomic E-state index is 0. The molecule has 7 aromatic rings. The maximum absolute atomic E-state index is 6.11. The zero-order valence-electron chi connectivity index (χ0n) is 24.5. The summed E-state index contributed by atoms with van der Waals surface area (Å²) in [6.45, 7) is 6.24. The molecule has 215 valence electrons. The molecule has 8 rings (SSSR count). The maximum Gasteiger partial charge on any atom is 0.501 e. The summed E-state index contributed by atoms with van der Waals surface area (Å²) in [5, 5.41) is 2.02. The molecule has 0 unspecified atom stereocenters. The van der Waals surface area contributed by atoms with Crippen molar-refractivity contribution in [1.29, 1.82) is 0 Å². The van der Waals surface area contributed by atoms with Gasteiger partial charge in [0.25, 0.3) is 11.4 Å². The molecule has 0 amide bonds. The zero-order chi connectivity index (χ0) is 29.3. The molecule has 4 heterocycles. The summed E-state index contributed by atoms with van der Waals surface area (Å²) in [6.07, 6.45) is 3.66. The van der Waals surface area contributed by atoms with Crippen LogP contribution in [0.15, 0.2) is 120 Å². The number of furan rings is 1. The number of hydrogen-bond donors (Lipinski definition) is 0. The Morgan fingerprint density at radius 1 is 0.727 bits per heavy atom. The number of nitrogens with zero attached hydrogens (tertiary/aromatic N) is 4. The Labute approximate surface area is 269 Å². The summed E-state index contributed by atoms with van der Waals surface area (Å²) in [6, 6.07) is 44.7. The molecule has 6 heteroatoms. The monoisotopic (exact) mass is 749 g/mol. The Hall–Kier alpha value is -4.99. The molecule has 0 N–H and O–H groups in total. The predicted octanol–water partition coefficient (Wildman–Crippen LogP) is 9.11. The van der Waals surface area contributed by atoms with Crippen LogP contribution in [0.1, 0.15) is 16.7 Å². The summed E-state index contributed by atoms with van der Waals surface area (Å²) in [5.74, 6) is 0. The van der Waals surface area contributed by atoms with Crippen LogP contribution in [0.5, 0.6) is 0 Å². The molecule has 3 aromatic heterocycles. The van der Waals surface area contributed by atoms with Crippen molar-refractivity contribution in [1.82, 2.24) is 19.1 Å². The topological polar surface area (TPSA) is 44.9 Å². The number of para-hydroxylation sites is 3. The Kier molecular flexibility index (Phi) is 8.15. The van der Waals surface area contributed by atoms with Crippen molar-refractivity contribution in [2.24, 2.45) is 0 Å². The van der Waals surface area contributed by atoms with Crippen molar-refractivity contribution in [3.8, 4) is 11.3 Å².